The number of fused-ring (bicyclic) bond motifs is 2. The zero-order chi connectivity index (χ0) is 20.8. The van der Waals surface area contributed by atoms with E-state index in [1.54, 1.807) is 6.20 Å². The van der Waals surface area contributed by atoms with E-state index in [4.69, 9.17) is 0 Å². The molecule has 2 aromatic heterocycles. The summed E-state index contributed by atoms with van der Waals surface area (Å²) in [7, 11) is 0. The highest BCUT2D eigenvalue weighted by Gasteiger charge is 2.26. The molecule has 0 aliphatic carbocycles. The van der Waals surface area contributed by atoms with Crippen molar-refractivity contribution in [2.75, 3.05) is 18.0 Å². The Balaban J connectivity index is 1.52. The minimum atomic E-state index is -0.0482. The normalized spacial score (nSPS) is 15.0. The standard InChI is InChI=1S/C24H23N5O/c1-15-11-16(2)22-19(12-15)23(17(13-25)14-26-22)28-9-7-18(8-10-28)29-21-6-4-3-5-20(21)27-24(29)30/h3-6,11-12,14,18H,7-10H2,1-2H3,(H,27,30). The van der Waals surface area contributed by atoms with E-state index in [9.17, 15) is 10.1 Å². The number of hydrogen-bond donors (Lipinski definition) is 1. The SMILES string of the molecule is Cc1cc(C)c2ncc(C#N)c(N3CCC(n4c(=O)[nH]c5ccccc54)CC3)c2c1. The van der Waals surface area contributed by atoms with Gasteiger partial charge in [-0.25, -0.2) is 4.79 Å². The van der Waals surface area contributed by atoms with Crippen molar-refractivity contribution in [1.29, 1.82) is 5.26 Å². The number of aryl methyl sites for hydroxylation is 2. The molecule has 1 fully saturated rings. The smallest absolute Gasteiger partial charge is 0.326 e. The van der Waals surface area contributed by atoms with Crippen LogP contribution in [-0.2, 0) is 0 Å². The van der Waals surface area contributed by atoms with Gasteiger partial charge in [0.1, 0.15) is 6.07 Å². The highest BCUT2D eigenvalue weighted by atomic mass is 16.1. The van der Waals surface area contributed by atoms with Crippen molar-refractivity contribution < 1.29 is 0 Å². The first-order valence-electron chi connectivity index (χ1n) is 10.3. The Hall–Kier alpha value is -3.59. The number of rotatable bonds is 2. The van der Waals surface area contributed by atoms with E-state index >= 15 is 0 Å². The summed E-state index contributed by atoms with van der Waals surface area (Å²) < 4.78 is 1.90. The Labute approximate surface area is 174 Å². The van der Waals surface area contributed by atoms with E-state index in [0.29, 0.717) is 5.56 Å². The maximum atomic E-state index is 12.6. The molecule has 1 N–H and O–H groups in total. The zero-order valence-electron chi connectivity index (χ0n) is 17.1. The summed E-state index contributed by atoms with van der Waals surface area (Å²) in [6.07, 6.45) is 3.39. The molecule has 3 heterocycles. The van der Waals surface area contributed by atoms with Gasteiger partial charge in [-0.1, -0.05) is 23.8 Å². The van der Waals surface area contributed by atoms with Crippen LogP contribution in [0.15, 0.2) is 47.4 Å². The number of nitrogens with one attached hydrogen (secondary N) is 1. The minimum Gasteiger partial charge on any atom is -0.370 e. The van der Waals surface area contributed by atoms with Crippen LogP contribution in [-0.4, -0.2) is 27.6 Å². The summed E-state index contributed by atoms with van der Waals surface area (Å²) in [4.78, 5) is 22.4. The molecule has 1 aliphatic rings. The molecule has 30 heavy (non-hydrogen) atoms. The number of anilines is 1. The van der Waals surface area contributed by atoms with Crippen LogP contribution in [0.3, 0.4) is 0 Å². The first-order chi connectivity index (χ1) is 14.6. The third kappa shape index (κ3) is 2.86. The molecule has 4 aromatic rings. The quantitative estimate of drug-likeness (QED) is 0.550. The second kappa shape index (κ2) is 7.03. The Kier molecular flexibility index (Phi) is 4.32. The lowest BCUT2D eigenvalue weighted by molar-refractivity contribution is 0.397. The van der Waals surface area contributed by atoms with Gasteiger partial charge in [0.15, 0.2) is 0 Å². The highest BCUT2D eigenvalue weighted by Crippen LogP contribution is 2.35. The Morgan fingerprint density at radius 1 is 1.17 bits per heavy atom. The number of nitriles is 1. The zero-order valence-corrected chi connectivity index (χ0v) is 17.1. The molecule has 0 atom stereocenters. The van der Waals surface area contributed by atoms with Crippen molar-refractivity contribution in [3.63, 3.8) is 0 Å². The molecule has 0 spiro atoms. The second-order valence-electron chi connectivity index (χ2n) is 8.15. The Bertz CT molecular complexity index is 1370. The van der Waals surface area contributed by atoms with E-state index in [1.165, 1.54) is 5.56 Å². The summed E-state index contributed by atoms with van der Waals surface area (Å²) in [5, 5.41) is 10.8. The third-order valence-electron chi connectivity index (χ3n) is 6.17. The van der Waals surface area contributed by atoms with E-state index in [2.05, 4.69) is 46.9 Å². The molecule has 0 unspecified atom stereocenters. The van der Waals surface area contributed by atoms with Gasteiger partial charge in [0.05, 0.1) is 27.8 Å². The minimum absolute atomic E-state index is 0.0482. The van der Waals surface area contributed by atoms with E-state index in [1.807, 2.05) is 28.8 Å². The molecule has 0 radical (unpaired) electrons. The van der Waals surface area contributed by atoms with Gasteiger partial charge < -0.3 is 9.88 Å². The fourth-order valence-corrected chi connectivity index (χ4v) is 4.85. The molecule has 6 heteroatoms. The number of benzene rings is 2. The lowest BCUT2D eigenvalue weighted by Crippen LogP contribution is -2.37. The van der Waals surface area contributed by atoms with Crippen LogP contribution in [0.5, 0.6) is 0 Å². The number of aromatic amines is 1. The summed E-state index contributed by atoms with van der Waals surface area (Å²) in [6.45, 7) is 5.72. The number of pyridine rings is 1. The van der Waals surface area contributed by atoms with Gasteiger partial charge in [-0.3, -0.25) is 9.55 Å². The van der Waals surface area contributed by atoms with Gasteiger partial charge in [0.25, 0.3) is 0 Å². The lowest BCUT2D eigenvalue weighted by Gasteiger charge is -2.35. The molecule has 6 nitrogen and oxygen atoms in total. The number of nitrogens with zero attached hydrogens (tertiary/aromatic N) is 4. The summed E-state index contributed by atoms with van der Waals surface area (Å²) in [5.74, 6) is 0. The van der Waals surface area contributed by atoms with Crippen molar-refractivity contribution >= 4 is 27.6 Å². The van der Waals surface area contributed by atoms with Gasteiger partial charge in [-0.05, 0) is 50.5 Å². The highest BCUT2D eigenvalue weighted by molar-refractivity contribution is 5.96. The topological polar surface area (TPSA) is 77.7 Å². The summed E-state index contributed by atoms with van der Waals surface area (Å²) in [6, 6.07) is 14.6. The maximum Gasteiger partial charge on any atom is 0.326 e. The van der Waals surface area contributed by atoms with Crippen molar-refractivity contribution in [3.05, 3.63) is 69.8 Å². The Morgan fingerprint density at radius 2 is 1.93 bits per heavy atom. The third-order valence-corrected chi connectivity index (χ3v) is 6.17. The van der Waals surface area contributed by atoms with Gasteiger partial charge in [0, 0.05) is 30.7 Å². The first kappa shape index (κ1) is 18.4. The lowest BCUT2D eigenvalue weighted by atomic mass is 9.99. The fourth-order valence-electron chi connectivity index (χ4n) is 4.85. The molecular weight excluding hydrogens is 374 g/mol. The van der Waals surface area contributed by atoms with Crippen LogP contribution in [0.2, 0.25) is 0 Å². The van der Waals surface area contributed by atoms with Gasteiger partial charge in [-0.15, -0.1) is 0 Å². The van der Waals surface area contributed by atoms with Crippen LogP contribution in [0, 0.1) is 25.2 Å². The number of para-hydroxylation sites is 2. The van der Waals surface area contributed by atoms with Crippen LogP contribution < -0.4 is 10.6 Å². The number of hydrogen-bond acceptors (Lipinski definition) is 4. The largest absolute Gasteiger partial charge is 0.370 e. The van der Waals surface area contributed by atoms with E-state index in [0.717, 1.165) is 59.1 Å². The molecule has 1 saturated heterocycles. The van der Waals surface area contributed by atoms with Crippen LogP contribution in [0.25, 0.3) is 21.9 Å². The molecule has 2 aromatic carbocycles. The van der Waals surface area contributed by atoms with E-state index in [-0.39, 0.29) is 11.7 Å². The number of imidazole rings is 1. The van der Waals surface area contributed by atoms with Crippen molar-refractivity contribution in [3.8, 4) is 6.07 Å². The Morgan fingerprint density at radius 3 is 2.70 bits per heavy atom. The molecule has 1 aliphatic heterocycles. The van der Waals surface area contributed by atoms with Gasteiger partial charge >= 0.3 is 5.69 Å². The number of piperidine rings is 1. The average Bonchev–Trinajstić information content (AvgIpc) is 3.08. The number of H-pyrrole nitrogens is 1. The predicted molar refractivity (Wildman–Crippen MR) is 119 cm³/mol. The molecular formula is C24H23N5O. The van der Waals surface area contributed by atoms with Gasteiger partial charge in [0.2, 0.25) is 0 Å². The molecule has 150 valence electrons. The second-order valence-corrected chi connectivity index (χ2v) is 8.15. The van der Waals surface area contributed by atoms with Crippen LogP contribution >= 0.6 is 0 Å². The average molecular weight is 397 g/mol. The molecule has 5 rings (SSSR count). The summed E-state index contributed by atoms with van der Waals surface area (Å²) >= 11 is 0. The molecule has 0 saturated carbocycles. The maximum absolute atomic E-state index is 12.6. The van der Waals surface area contributed by atoms with Crippen molar-refractivity contribution in [2.24, 2.45) is 0 Å². The van der Waals surface area contributed by atoms with Crippen LogP contribution in [0.1, 0.15) is 35.6 Å². The molecule has 0 amide bonds. The van der Waals surface area contributed by atoms with Gasteiger partial charge in [-0.2, -0.15) is 5.26 Å². The fraction of sp³-hybridized carbons (Fsp3) is 0.292. The summed E-state index contributed by atoms with van der Waals surface area (Å²) in [5.41, 5.74) is 6.60. The molecule has 0 bridgehead atoms. The predicted octanol–water partition coefficient (Wildman–Crippen LogP) is 4.21. The van der Waals surface area contributed by atoms with Crippen molar-refractivity contribution in [1.82, 2.24) is 14.5 Å². The monoisotopic (exact) mass is 397 g/mol. The van der Waals surface area contributed by atoms with E-state index < -0.39 is 0 Å². The first-order valence-corrected chi connectivity index (χ1v) is 10.3. The number of aromatic nitrogens is 3. The van der Waals surface area contributed by atoms with Crippen molar-refractivity contribution in [2.45, 2.75) is 32.7 Å². The van der Waals surface area contributed by atoms with Crippen LogP contribution in [0.4, 0.5) is 5.69 Å².